The number of amides is 2. The van der Waals surface area contributed by atoms with E-state index < -0.39 is 11.9 Å². The molecule has 0 spiro atoms. The smallest absolute Gasteiger partial charge is 0.272 e. The van der Waals surface area contributed by atoms with Gasteiger partial charge in [-0.1, -0.05) is 24.9 Å². The molecule has 1 aromatic carbocycles. The maximum atomic E-state index is 16.0. The number of H-pyrrole nitrogens is 1. The topological polar surface area (TPSA) is 130 Å². The number of benzene rings is 1. The van der Waals surface area contributed by atoms with Crippen LogP contribution >= 0.6 is 0 Å². The minimum atomic E-state index is -0.590. The SMILES string of the molecule is Cc1ncc(-c2ccc3[nH]c([C@@H](NC(=O)c4conc4C)C4CCC(C)CC4)nc3c2F)c(C(=O)N(C)C)n1. The first kappa shape index (κ1) is 26.5. The first-order valence-electron chi connectivity index (χ1n) is 13.1. The van der Waals surface area contributed by atoms with Crippen molar-refractivity contribution in [2.75, 3.05) is 14.1 Å². The fourth-order valence-electron chi connectivity index (χ4n) is 5.22. The highest BCUT2D eigenvalue weighted by atomic mass is 19.1. The number of aromatic nitrogens is 5. The van der Waals surface area contributed by atoms with Crippen LogP contribution < -0.4 is 5.32 Å². The van der Waals surface area contributed by atoms with Gasteiger partial charge in [0.1, 0.15) is 34.7 Å². The molecule has 1 fully saturated rings. The normalized spacial score (nSPS) is 18.2. The van der Waals surface area contributed by atoms with Gasteiger partial charge in [-0.25, -0.2) is 19.3 Å². The molecule has 2 amide bonds. The summed E-state index contributed by atoms with van der Waals surface area (Å²) in [4.78, 5) is 43.8. The Morgan fingerprint density at radius 3 is 2.54 bits per heavy atom. The van der Waals surface area contributed by atoms with Crippen molar-refractivity contribution in [2.45, 2.75) is 52.5 Å². The number of carbonyl (C=O) groups is 2. The number of fused-ring (bicyclic) bond motifs is 1. The van der Waals surface area contributed by atoms with Crippen LogP contribution in [0.1, 0.15) is 76.8 Å². The molecular weight excluding hydrogens is 501 g/mol. The van der Waals surface area contributed by atoms with Crippen molar-refractivity contribution >= 4 is 22.8 Å². The zero-order chi connectivity index (χ0) is 27.8. The molecule has 4 aromatic rings. The Hall–Kier alpha value is -4.15. The van der Waals surface area contributed by atoms with E-state index in [1.54, 1.807) is 40.1 Å². The lowest BCUT2D eigenvalue weighted by Crippen LogP contribution is -2.36. The highest BCUT2D eigenvalue weighted by Gasteiger charge is 2.32. The number of aryl methyl sites for hydroxylation is 2. The van der Waals surface area contributed by atoms with E-state index in [0.29, 0.717) is 34.3 Å². The summed E-state index contributed by atoms with van der Waals surface area (Å²) in [5.41, 5.74) is 2.04. The summed E-state index contributed by atoms with van der Waals surface area (Å²) in [5.74, 6) is 0.377. The van der Waals surface area contributed by atoms with Gasteiger partial charge in [0.2, 0.25) is 0 Å². The summed E-state index contributed by atoms with van der Waals surface area (Å²) in [6.07, 6.45) is 6.69. The van der Waals surface area contributed by atoms with Gasteiger partial charge in [0.25, 0.3) is 11.8 Å². The number of carbonyl (C=O) groups excluding carboxylic acids is 2. The van der Waals surface area contributed by atoms with Crippen LogP contribution in [0.2, 0.25) is 0 Å². The summed E-state index contributed by atoms with van der Waals surface area (Å²) < 4.78 is 21.0. The van der Waals surface area contributed by atoms with E-state index in [1.807, 2.05) is 0 Å². The number of nitrogens with one attached hydrogen (secondary N) is 2. The Morgan fingerprint density at radius 2 is 1.87 bits per heavy atom. The molecule has 11 heteroatoms. The molecule has 0 unspecified atom stereocenters. The van der Waals surface area contributed by atoms with Crippen LogP contribution in [0.3, 0.4) is 0 Å². The lowest BCUT2D eigenvalue weighted by molar-refractivity contribution is 0.0821. The number of imidazole rings is 1. The van der Waals surface area contributed by atoms with Crippen LogP contribution in [-0.4, -0.2) is 55.9 Å². The Balaban J connectivity index is 1.56. The van der Waals surface area contributed by atoms with Gasteiger partial charge in [-0.05, 0) is 50.7 Å². The van der Waals surface area contributed by atoms with Crippen LogP contribution in [0.25, 0.3) is 22.2 Å². The van der Waals surface area contributed by atoms with E-state index in [2.05, 4.69) is 37.3 Å². The molecule has 1 aliphatic rings. The van der Waals surface area contributed by atoms with Gasteiger partial charge in [0, 0.05) is 31.4 Å². The molecule has 1 atom stereocenters. The highest BCUT2D eigenvalue weighted by Crippen LogP contribution is 2.38. The third-order valence-electron chi connectivity index (χ3n) is 7.53. The minimum absolute atomic E-state index is 0.118. The Kier molecular flexibility index (Phi) is 7.16. The largest absolute Gasteiger partial charge is 0.364 e. The standard InChI is InChI=1S/C28H32FN7O3/c1-14-6-8-17(9-7-14)23(34-27(37)20-13-39-35-15(20)2)26-32-21-11-10-18(22(29)25(21)33-26)19-12-30-16(3)31-24(19)28(38)36(4)5/h10-14,17,23H,6-9H2,1-5H3,(H,32,33)(H,34,37)/t14?,17?,23-/m0/s1. The molecule has 2 N–H and O–H groups in total. The van der Waals surface area contributed by atoms with Crippen molar-refractivity contribution in [3.05, 3.63) is 59.0 Å². The summed E-state index contributed by atoms with van der Waals surface area (Å²) in [6.45, 7) is 5.61. The average Bonchev–Trinajstić information content (AvgIpc) is 3.54. The molecular formula is C28H32FN7O3. The fraction of sp³-hybridized carbons (Fsp3) is 0.429. The van der Waals surface area contributed by atoms with E-state index in [9.17, 15) is 9.59 Å². The Morgan fingerprint density at radius 1 is 1.13 bits per heavy atom. The highest BCUT2D eigenvalue weighted by molar-refractivity contribution is 5.99. The molecule has 0 aliphatic heterocycles. The van der Waals surface area contributed by atoms with E-state index >= 15 is 4.39 Å². The number of nitrogens with zero attached hydrogens (tertiary/aromatic N) is 5. The molecule has 1 aliphatic carbocycles. The molecule has 1 saturated carbocycles. The van der Waals surface area contributed by atoms with Gasteiger partial charge in [-0.15, -0.1) is 0 Å². The number of hydrogen-bond acceptors (Lipinski definition) is 7. The van der Waals surface area contributed by atoms with Crippen molar-refractivity contribution in [3.8, 4) is 11.1 Å². The van der Waals surface area contributed by atoms with Crippen molar-refractivity contribution < 1.29 is 18.5 Å². The third kappa shape index (κ3) is 5.13. The molecule has 5 rings (SSSR count). The second-order valence-electron chi connectivity index (χ2n) is 10.6. The van der Waals surface area contributed by atoms with Gasteiger partial charge >= 0.3 is 0 Å². The summed E-state index contributed by atoms with van der Waals surface area (Å²) >= 11 is 0. The van der Waals surface area contributed by atoms with Crippen molar-refractivity contribution in [3.63, 3.8) is 0 Å². The number of halogens is 1. The average molecular weight is 534 g/mol. The van der Waals surface area contributed by atoms with E-state index in [0.717, 1.165) is 25.7 Å². The number of hydrogen-bond donors (Lipinski definition) is 2. The van der Waals surface area contributed by atoms with Gasteiger partial charge in [-0.2, -0.15) is 0 Å². The quantitative estimate of drug-likeness (QED) is 0.365. The van der Waals surface area contributed by atoms with Crippen molar-refractivity contribution in [2.24, 2.45) is 11.8 Å². The molecule has 204 valence electrons. The first-order chi connectivity index (χ1) is 18.6. The van der Waals surface area contributed by atoms with Crippen LogP contribution in [0.15, 0.2) is 29.1 Å². The zero-order valence-electron chi connectivity index (χ0n) is 22.7. The summed E-state index contributed by atoms with van der Waals surface area (Å²) in [7, 11) is 3.23. The minimum Gasteiger partial charge on any atom is -0.364 e. The lowest BCUT2D eigenvalue weighted by atomic mass is 9.79. The number of aromatic amines is 1. The molecule has 0 bridgehead atoms. The monoisotopic (exact) mass is 533 g/mol. The molecule has 10 nitrogen and oxygen atoms in total. The molecule has 3 aromatic heterocycles. The Bertz CT molecular complexity index is 1540. The number of rotatable bonds is 6. The second-order valence-corrected chi connectivity index (χ2v) is 10.6. The van der Waals surface area contributed by atoms with Crippen LogP contribution in [-0.2, 0) is 0 Å². The van der Waals surface area contributed by atoms with E-state index in [4.69, 9.17) is 4.52 Å². The predicted octanol–water partition coefficient (Wildman–Crippen LogP) is 4.76. The van der Waals surface area contributed by atoms with Crippen molar-refractivity contribution in [1.82, 2.24) is 35.3 Å². The van der Waals surface area contributed by atoms with Crippen molar-refractivity contribution in [1.29, 1.82) is 0 Å². The molecule has 3 heterocycles. The lowest BCUT2D eigenvalue weighted by Gasteiger charge is -2.32. The molecule has 39 heavy (non-hydrogen) atoms. The van der Waals surface area contributed by atoms with Gasteiger partial charge < -0.3 is 19.7 Å². The predicted molar refractivity (Wildman–Crippen MR) is 142 cm³/mol. The third-order valence-corrected chi connectivity index (χ3v) is 7.53. The Labute approximate surface area is 225 Å². The second kappa shape index (κ2) is 10.5. The van der Waals surface area contributed by atoms with Gasteiger partial charge in [-0.3, -0.25) is 9.59 Å². The van der Waals surface area contributed by atoms with Gasteiger partial charge in [0.05, 0.1) is 17.3 Å². The van der Waals surface area contributed by atoms with E-state index in [1.165, 1.54) is 17.4 Å². The van der Waals surface area contributed by atoms with Crippen LogP contribution in [0.5, 0.6) is 0 Å². The molecule has 0 radical (unpaired) electrons. The maximum Gasteiger partial charge on any atom is 0.272 e. The van der Waals surface area contributed by atoms with E-state index in [-0.39, 0.29) is 40.1 Å². The van der Waals surface area contributed by atoms with Crippen LogP contribution in [0.4, 0.5) is 4.39 Å². The van der Waals surface area contributed by atoms with Gasteiger partial charge in [0.15, 0.2) is 5.82 Å². The molecule has 0 saturated heterocycles. The maximum absolute atomic E-state index is 16.0. The fourth-order valence-corrected chi connectivity index (χ4v) is 5.22. The first-order valence-corrected chi connectivity index (χ1v) is 13.1. The zero-order valence-corrected chi connectivity index (χ0v) is 22.7. The summed E-state index contributed by atoms with van der Waals surface area (Å²) in [5, 5.41) is 6.92. The summed E-state index contributed by atoms with van der Waals surface area (Å²) in [6, 6.07) is 2.86. The van der Waals surface area contributed by atoms with Crippen LogP contribution in [0, 0.1) is 31.5 Å².